The first-order chi connectivity index (χ1) is 15.6. The summed E-state index contributed by atoms with van der Waals surface area (Å²) in [6.45, 7) is 5.61. The minimum atomic E-state index is -0.307. The van der Waals surface area contributed by atoms with Gasteiger partial charge in [-0.2, -0.15) is 5.10 Å². The van der Waals surface area contributed by atoms with Crippen molar-refractivity contribution in [1.29, 1.82) is 0 Å². The predicted octanol–water partition coefficient (Wildman–Crippen LogP) is 3.80. The van der Waals surface area contributed by atoms with Gasteiger partial charge >= 0.3 is 0 Å². The van der Waals surface area contributed by atoms with Gasteiger partial charge in [-0.1, -0.05) is 6.92 Å². The molecule has 0 spiro atoms. The standard InChI is InChI=1S/C23H27FN6O2/c1-3-19-14-17(10-12-25-19)22(31)28-23(26-11-5-13-32-4-2)27-21-15-20(29-30-21)16-6-8-18(24)9-7-16/h6-10,12,14-15H,3-5,11,13H2,1-2H3,(H3,26,27,28,29,30,31). The predicted molar refractivity (Wildman–Crippen MR) is 122 cm³/mol. The highest BCUT2D eigenvalue weighted by Gasteiger charge is 2.12. The van der Waals surface area contributed by atoms with Crippen LogP contribution in [0.25, 0.3) is 11.3 Å². The summed E-state index contributed by atoms with van der Waals surface area (Å²) in [5, 5.41) is 13.0. The normalized spacial score (nSPS) is 11.4. The number of ether oxygens (including phenoxy) is 1. The number of aryl methyl sites for hydroxylation is 1. The molecule has 3 rings (SSSR count). The van der Waals surface area contributed by atoms with Crippen LogP contribution in [0.3, 0.4) is 0 Å². The van der Waals surface area contributed by atoms with Crippen LogP contribution >= 0.6 is 0 Å². The fourth-order valence-electron chi connectivity index (χ4n) is 2.89. The monoisotopic (exact) mass is 438 g/mol. The number of H-pyrrole nitrogens is 1. The van der Waals surface area contributed by atoms with Gasteiger partial charge in [-0.3, -0.25) is 25.2 Å². The number of anilines is 1. The van der Waals surface area contributed by atoms with Gasteiger partial charge < -0.3 is 10.1 Å². The van der Waals surface area contributed by atoms with Crippen molar-refractivity contribution in [2.45, 2.75) is 26.7 Å². The molecule has 168 valence electrons. The van der Waals surface area contributed by atoms with Crippen molar-refractivity contribution in [1.82, 2.24) is 20.5 Å². The molecule has 0 aliphatic heterocycles. The van der Waals surface area contributed by atoms with Crippen LogP contribution in [-0.4, -0.2) is 46.8 Å². The van der Waals surface area contributed by atoms with E-state index in [0.29, 0.717) is 43.3 Å². The Hall–Kier alpha value is -3.59. The summed E-state index contributed by atoms with van der Waals surface area (Å²) in [5.41, 5.74) is 2.82. The quantitative estimate of drug-likeness (QED) is 0.268. The number of rotatable bonds is 9. The van der Waals surface area contributed by atoms with Gasteiger partial charge in [0.25, 0.3) is 5.91 Å². The van der Waals surface area contributed by atoms with Gasteiger partial charge in [-0.25, -0.2) is 4.39 Å². The molecule has 0 aliphatic carbocycles. The molecule has 3 aromatic rings. The van der Waals surface area contributed by atoms with E-state index in [1.807, 2.05) is 13.8 Å². The van der Waals surface area contributed by atoms with Gasteiger partial charge in [-0.05, 0) is 61.7 Å². The molecule has 0 saturated carbocycles. The number of benzene rings is 1. The number of carbonyl (C=O) groups is 1. The zero-order valence-corrected chi connectivity index (χ0v) is 18.2. The summed E-state index contributed by atoms with van der Waals surface area (Å²) in [6.07, 6.45) is 3.06. The van der Waals surface area contributed by atoms with Crippen LogP contribution in [0.15, 0.2) is 53.7 Å². The van der Waals surface area contributed by atoms with Crippen LogP contribution in [0, 0.1) is 5.82 Å². The first kappa shape index (κ1) is 23.1. The van der Waals surface area contributed by atoms with Crippen molar-refractivity contribution in [3.63, 3.8) is 0 Å². The molecule has 0 atom stereocenters. The second-order valence-electron chi connectivity index (χ2n) is 6.92. The van der Waals surface area contributed by atoms with Crippen LogP contribution < -0.4 is 10.6 Å². The highest BCUT2D eigenvalue weighted by Crippen LogP contribution is 2.20. The molecule has 0 unspecified atom stereocenters. The zero-order valence-electron chi connectivity index (χ0n) is 18.2. The van der Waals surface area contributed by atoms with Crippen LogP contribution in [0.2, 0.25) is 0 Å². The van der Waals surface area contributed by atoms with E-state index in [1.54, 1.807) is 36.5 Å². The molecule has 9 heteroatoms. The lowest BCUT2D eigenvalue weighted by Crippen LogP contribution is -2.36. The molecule has 2 heterocycles. The Bertz CT molecular complexity index is 1050. The van der Waals surface area contributed by atoms with Crippen molar-refractivity contribution < 1.29 is 13.9 Å². The molecule has 0 fully saturated rings. The molecular formula is C23H27FN6O2. The Balaban J connectivity index is 1.73. The van der Waals surface area contributed by atoms with Crippen LogP contribution in [0.5, 0.6) is 0 Å². The molecule has 1 aromatic carbocycles. The van der Waals surface area contributed by atoms with Crippen LogP contribution in [0.1, 0.15) is 36.3 Å². The largest absolute Gasteiger partial charge is 0.382 e. The average molecular weight is 439 g/mol. The molecular weight excluding hydrogens is 411 g/mol. The Morgan fingerprint density at radius 1 is 1.19 bits per heavy atom. The van der Waals surface area contributed by atoms with E-state index in [9.17, 15) is 9.18 Å². The van der Waals surface area contributed by atoms with Crippen LogP contribution in [-0.2, 0) is 11.2 Å². The van der Waals surface area contributed by atoms with Crippen molar-refractivity contribution in [2.24, 2.45) is 4.99 Å². The third-order valence-corrected chi connectivity index (χ3v) is 4.57. The van der Waals surface area contributed by atoms with Gasteiger partial charge in [0.2, 0.25) is 5.96 Å². The highest BCUT2D eigenvalue weighted by atomic mass is 19.1. The fraction of sp³-hybridized carbons (Fsp3) is 0.304. The summed E-state index contributed by atoms with van der Waals surface area (Å²) < 4.78 is 18.5. The lowest BCUT2D eigenvalue weighted by atomic mass is 10.1. The zero-order chi connectivity index (χ0) is 22.8. The number of nitrogens with zero attached hydrogens (tertiary/aromatic N) is 3. The molecule has 2 aromatic heterocycles. The first-order valence-electron chi connectivity index (χ1n) is 10.6. The van der Waals surface area contributed by atoms with Crippen molar-refractivity contribution in [3.05, 3.63) is 65.7 Å². The third-order valence-electron chi connectivity index (χ3n) is 4.57. The van der Waals surface area contributed by atoms with Gasteiger partial charge in [0.1, 0.15) is 5.82 Å². The lowest BCUT2D eigenvalue weighted by molar-refractivity contribution is 0.0976. The van der Waals surface area contributed by atoms with Crippen molar-refractivity contribution in [2.75, 3.05) is 25.1 Å². The summed E-state index contributed by atoms with van der Waals surface area (Å²) in [5.74, 6) is 0.140. The van der Waals surface area contributed by atoms with Crippen molar-refractivity contribution >= 4 is 17.7 Å². The molecule has 0 saturated heterocycles. The molecule has 8 nitrogen and oxygen atoms in total. The second-order valence-corrected chi connectivity index (χ2v) is 6.92. The van der Waals surface area contributed by atoms with Crippen LogP contribution in [0.4, 0.5) is 10.2 Å². The molecule has 0 bridgehead atoms. The number of aromatic nitrogens is 3. The smallest absolute Gasteiger partial charge is 0.258 e. The van der Waals surface area contributed by atoms with E-state index in [2.05, 4.69) is 30.8 Å². The van der Waals surface area contributed by atoms with E-state index in [1.165, 1.54) is 12.1 Å². The number of halogens is 1. The Morgan fingerprint density at radius 2 is 2.00 bits per heavy atom. The maximum absolute atomic E-state index is 13.2. The second kappa shape index (κ2) is 11.7. The average Bonchev–Trinajstić information content (AvgIpc) is 3.27. The van der Waals surface area contributed by atoms with E-state index in [4.69, 9.17) is 4.74 Å². The fourth-order valence-corrected chi connectivity index (χ4v) is 2.89. The number of guanidine groups is 1. The minimum Gasteiger partial charge on any atom is -0.382 e. The number of amides is 1. The number of hydrogen-bond donors (Lipinski definition) is 3. The summed E-state index contributed by atoms with van der Waals surface area (Å²) in [6, 6.07) is 11.3. The SMILES string of the molecule is CCOCCCN=C(NC(=O)c1ccnc(CC)c1)Nc1cc(-c2ccc(F)cc2)[nH]n1. The Kier molecular flexibility index (Phi) is 8.44. The van der Waals surface area contributed by atoms with Crippen molar-refractivity contribution in [3.8, 4) is 11.3 Å². The number of carbonyl (C=O) groups excluding carboxylic acids is 1. The summed E-state index contributed by atoms with van der Waals surface area (Å²) in [7, 11) is 0. The first-order valence-corrected chi connectivity index (χ1v) is 10.6. The Morgan fingerprint density at radius 3 is 2.75 bits per heavy atom. The number of hydrogen-bond acceptors (Lipinski definition) is 5. The minimum absolute atomic E-state index is 0.276. The van der Waals surface area contributed by atoms with E-state index < -0.39 is 0 Å². The number of nitrogens with one attached hydrogen (secondary N) is 3. The molecule has 0 radical (unpaired) electrons. The van der Waals surface area contributed by atoms with Gasteiger partial charge in [0, 0.05) is 43.3 Å². The number of pyridine rings is 1. The molecule has 32 heavy (non-hydrogen) atoms. The van der Waals surface area contributed by atoms with E-state index >= 15 is 0 Å². The molecule has 3 N–H and O–H groups in total. The number of aliphatic imine (C=N–C) groups is 1. The summed E-state index contributed by atoms with van der Waals surface area (Å²) >= 11 is 0. The van der Waals surface area contributed by atoms with Gasteiger partial charge in [0.15, 0.2) is 5.82 Å². The lowest BCUT2D eigenvalue weighted by Gasteiger charge is -2.10. The van der Waals surface area contributed by atoms with Gasteiger partial charge in [0.05, 0.1) is 5.69 Å². The Labute approximate surface area is 186 Å². The maximum Gasteiger partial charge on any atom is 0.258 e. The topological polar surface area (TPSA) is 104 Å². The maximum atomic E-state index is 13.2. The molecule has 1 amide bonds. The number of aromatic amines is 1. The third kappa shape index (κ3) is 6.71. The highest BCUT2D eigenvalue weighted by molar-refractivity contribution is 6.09. The summed E-state index contributed by atoms with van der Waals surface area (Å²) in [4.78, 5) is 21.5. The van der Waals surface area contributed by atoms with E-state index in [-0.39, 0.29) is 17.7 Å². The van der Waals surface area contributed by atoms with Gasteiger partial charge in [-0.15, -0.1) is 0 Å². The van der Waals surface area contributed by atoms with E-state index in [0.717, 1.165) is 17.7 Å². The molecule has 0 aliphatic rings.